The molecule has 10 heteroatoms. The smallest absolute Gasteiger partial charge is 0.408 e. The van der Waals surface area contributed by atoms with Crippen LogP contribution in [-0.2, 0) is 10.0 Å². The molecule has 1 aliphatic rings. The van der Waals surface area contributed by atoms with Crippen molar-refractivity contribution in [1.82, 2.24) is 14.6 Å². The number of sulfonamides is 1. The van der Waals surface area contributed by atoms with E-state index in [-0.39, 0.29) is 10.5 Å². The average molecular weight is 437 g/mol. The first-order chi connectivity index (χ1) is 13.9. The highest BCUT2D eigenvalue weighted by molar-refractivity contribution is 7.89. The Labute approximate surface area is 173 Å². The van der Waals surface area contributed by atoms with Crippen molar-refractivity contribution in [2.45, 2.75) is 4.90 Å². The summed E-state index contributed by atoms with van der Waals surface area (Å²) in [6.07, 6.45) is 0. The molecule has 3 aromatic rings. The lowest BCUT2D eigenvalue weighted by molar-refractivity contribution is 0.262. The molecule has 0 aliphatic carbocycles. The number of hydrogen-bond donors (Lipinski definition) is 2. The van der Waals surface area contributed by atoms with Gasteiger partial charge in [-0.05, 0) is 30.3 Å². The molecule has 0 radical (unpaired) electrons. The van der Waals surface area contributed by atoms with Crippen LogP contribution < -0.4 is 15.4 Å². The number of nitrogens with one attached hydrogen (secondary N) is 2. The number of aromatic amines is 1. The maximum Gasteiger partial charge on any atom is 0.417 e. The Balaban J connectivity index is 1.30. The van der Waals surface area contributed by atoms with Crippen LogP contribution in [0.5, 0.6) is 0 Å². The summed E-state index contributed by atoms with van der Waals surface area (Å²) < 4.78 is 32.6. The van der Waals surface area contributed by atoms with Crippen molar-refractivity contribution in [2.24, 2.45) is 0 Å². The van der Waals surface area contributed by atoms with Gasteiger partial charge in [-0.15, -0.1) is 0 Å². The molecule has 1 aliphatic heterocycles. The molecule has 0 saturated carbocycles. The lowest BCUT2D eigenvalue weighted by Crippen LogP contribution is -2.48. The standard InChI is InChI=1S/C19H21ClN4O4S/c20-14-2-1-3-15(12-14)24-10-8-23(9-11-24)7-6-21-29(26,27)16-4-5-17-18(13-16)28-19(25)22-17/h1-5,12-13,21H,6-11H2,(H,22,25). The van der Waals surface area contributed by atoms with Gasteiger partial charge in [0.2, 0.25) is 10.0 Å². The number of benzene rings is 2. The first kappa shape index (κ1) is 20.0. The van der Waals surface area contributed by atoms with Crippen LogP contribution in [0.3, 0.4) is 0 Å². The van der Waals surface area contributed by atoms with Gasteiger partial charge in [0, 0.05) is 56.0 Å². The van der Waals surface area contributed by atoms with Gasteiger partial charge in [-0.1, -0.05) is 17.7 Å². The number of halogens is 1. The number of H-pyrrole nitrogens is 1. The average Bonchev–Trinajstić information content (AvgIpc) is 3.07. The van der Waals surface area contributed by atoms with Crippen LogP contribution in [0.25, 0.3) is 11.1 Å². The van der Waals surface area contributed by atoms with Crippen molar-refractivity contribution >= 4 is 38.4 Å². The summed E-state index contributed by atoms with van der Waals surface area (Å²) in [5.74, 6) is -0.612. The summed E-state index contributed by atoms with van der Waals surface area (Å²) in [4.78, 5) is 18.3. The number of piperazine rings is 1. The van der Waals surface area contributed by atoms with E-state index >= 15 is 0 Å². The van der Waals surface area contributed by atoms with Gasteiger partial charge in [-0.2, -0.15) is 0 Å². The summed E-state index contributed by atoms with van der Waals surface area (Å²) in [6, 6.07) is 12.1. The van der Waals surface area contributed by atoms with E-state index in [2.05, 4.69) is 19.5 Å². The fourth-order valence-electron chi connectivity index (χ4n) is 3.42. The second kappa shape index (κ2) is 8.19. The van der Waals surface area contributed by atoms with E-state index in [1.54, 1.807) is 0 Å². The lowest BCUT2D eigenvalue weighted by Gasteiger charge is -2.36. The fourth-order valence-corrected chi connectivity index (χ4v) is 4.64. The van der Waals surface area contributed by atoms with Crippen molar-refractivity contribution in [3.05, 3.63) is 58.0 Å². The van der Waals surface area contributed by atoms with Gasteiger partial charge in [-0.25, -0.2) is 17.9 Å². The van der Waals surface area contributed by atoms with E-state index in [4.69, 9.17) is 16.0 Å². The van der Waals surface area contributed by atoms with Crippen molar-refractivity contribution in [2.75, 3.05) is 44.2 Å². The van der Waals surface area contributed by atoms with Gasteiger partial charge in [-0.3, -0.25) is 9.88 Å². The van der Waals surface area contributed by atoms with Crippen molar-refractivity contribution in [3.8, 4) is 0 Å². The van der Waals surface area contributed by atoms with Gasteiger partial charge in [0.1, 0.15) is 0 Å². The third-order valence-electron chi connectivity index (χ3n) is 4.97. The third-order valence-corrected chi connectivity index (χ3v) is 6.66. The molecule has 1 fully saturated rings. The largest absolute Gasteiger partial charge is 0.417 e. The highest BCUT2D eigenvalue weighted by Crippen LogP contribution is 2.21. The minimum Gasteiger partial charge on any atom is -0.408 e. The summed E-state index contributed by atoms with van der Waals surface area (Å²) in [7, 11) is -3.68. The van der Waals surface area contributed by atoms with Gasteiger partial charge in [0.05, 0.1) is 10.4 Å². The van der Waals surface area contributed by atoms with E-state index in [0.29, 0.717) is 18.6 Å². The van der Waals surface area contributed by atoms with Crippen LogP contribution in [0.2, 0.25) is 5.02 Å². The first-order valence-electron chi connectivity index (χ1n) is 9.26. The molecular formula is C19H21ClN4O4S. The Morgan fingerprint density at radius 3 is 2.66 bits per heavy atom. The molecule has 2 aromatic carbocycles. The molecule has 0 unspecified atom stereocenters. The zero-order valence-corrected chi connectivity index (χ0v) is 17.2. The van der Waals surface area contributed by atoms with Crippen LogP contribution >= 0.6 is 11.6 Å². The minimum atomic E-state index is -3.68. The van der Waals surface area contributed by atoms with E-state index in [1.165, 1.54) is 18.2 Å². The molecule has 29 heavy (non-hydrogen) atoms. The number of rotatable bonds is 6. The second-order valence-electron chi connectivity index (χ2n) is 6.88. The molecule has 154 valence electrons. The van der Waals surface area contributed by atoms with Crippen LogP contribution in [-0.4, -0.2) is 57.6 Å². The Hall–Kier alpha value is -2.33. The zero-order valence-electron chi connectivity index (χ0n) is 15.6. The Morgan fingerprint density at radius 2 is 1.90 bits per heavy atom. The SMILES string of the molecule is O=c1[nH]c2ccc(S(=O)(=O)NCCN3CCN(c4cccc(Cl)c4)CC3)cc2o1. The summed E-state index contributed by atoms with van der Waals surface area (Å²) in [5, 5.41) is 0.719. The molecule has 2 N–H and O–H groups in total. The van der Waals surface area contributed by atoms with E-state index in [9.17, 15) is 13.2 Å². The fraction of sp³-hybridized carbons (Fsp3) is 0.316. The molecule has 1 aromatic heterocycles. The zero-order chi connectivity index (χ0) is 20.4. The molecule has 2 heterocycles. The van der Waals surface area contributed by atoms with Crippen LogP contribution in [0.15, 0.2) is 56.6 Å². The monoisotopic (exact) mass is 436 g/mol. The van der Waals surface area contributed by atoms with Crippen molar-refractivity contribution in [3.63, 3.8) is 0 Å². The van der Waals surface area contributed by atoms with Crippen LogP contribution in [0.4, 0.5) is 5.69 Å². The maximum absolute atomic E-state index is 12.5. The molecule has 0 amide bonds. The Bertz CT molecular complexity index is 1170. The minimum absolute atomic E-state index is 0.0681. The third kappa shape index (κ3) is 4.64. The summed E-state index contributed by atoms with van der Waals surface area (Å²) in [5.41, 5.74) is 1.78. The number of hydrogen-bond acceptors (Lipinski definition) is 6. The Morgan fingerprint density at radius 1 is 1.10 bits per heavy atom. The van der Waals surface area contributed by atoms with Crippen molar-refractivity contribution in [1.29, 1.82) is 0 Å². The maximum atomic E-state index is 12.5. The summed E-state index contributed by atoms with van der Waals surface area (Å²) >= 11 is 6.06. The van der Waals surface area contributed by atoms with E-state index in [0.717, 1.165) is 36.9 Å². The molecule has 4 rings (SSSR count). The first-order valence-corrected chi connectivity index (χ1v) is 11.1. The topological polar surface area (TPSA) is 98.6 Å². The van der Waals surface area contributed by atoms with Gasteiger partial charge < -0.3 is 9.32 Å². The Kier molecular flexibility index (Phi) is 5.64. The summed E-state index contributed by atoms with van der Waals surface area (Å²) in [6.45, 7) is 4.31. The highest BCUT2D eigenvalue weighted by Gasteiger charge is 2.19. The highest BCUT2D eigenvalue weighted by atomic mass is 35.5. The quantitative estimate of drug-likeness (QED) is 0.612. The van der Waals surface area contributed by atoms with Crippen LogP contribution in [0.1, 0.15) is 0 Å². The molecule has 0 bridgehead atoms. The van der Waals surface area contributed by atoms with Crippen molar-refractivity contribution < 1.29 is 12.8 Å². The number of fused-ring (bicyclic) bond motifs is 1. The lowest BCUT2D eigenvalue weighted by atomic mass is 10.2. The number of nitrogens with zero attached hydrogens (tertiary/aromatic N) is 2. The predicted molar refractivity (Wildman–Crippen MR) is 112 cm³/mol. The number of aromatic nitrogens is 1. The van der Waals surface area contributed by atoms with E-state index in [1.807, 2.05) is 24.3 Å². The number of anilines is 1. The van der Waals surface area contributed by atoms with Gasteiger partial charge in [0.15, 0.2) is 5.58 Å². The predicted octanol–water partition coefficient (Wildman–Crippen LogP) is 1.87. The molecule has 1 saturated heterocycles. The van der Waals surface area contributed by atoms with Gasteiger partial charge >= 0.3 is 5.76 Å². The molecule has 0 atom stereocenters. The van der Waals surface area contributed by atoms with E-state index < -0.39 is 15.8 Å². The molecule has 8 nitrogen and oxygen atoms in total. The molecular weight excluding hydrogens is 416 g/mol. The molecule has 0 spiro atoms. The number of oxazole rings is 1. The van der Waals surface area contributed by atoms with Gasteiger partial charge in [0.25, 0.3) is 0 Å². The normalized spacial score (nSPS) is 15.8. The second-order valence-corrected chi connectivity index (χ2v) is 9.08. The van der Waals surface area contributed by atoms with Crippen LogP contribution in [0, 0.1) is 0 Å².